The summed E-state index contributed by atoms with van der Waals surface area (Å²) < 4.78 is 19.1. The molecule has 2 aliphatic heterocycles. The lowest BCUT2D eigenvalue weighted by molar-refractivity contribution is -0.133. The number of rotatable bonds is 3. The smallest absolute Gasteiger partial charge is 0.298 e. The Morgan fingerprint density at radius 2 is 2.11 bits per heavy atom. The Morgan fingerprint density at radius 3 is 2.96 bits per heavy atom. The molecule has 1 amide bonds. The third kappa shape index (κ3) is 3.39. The van der Waals surface area contributed by atoms with Gasteiger partial charge in [0.15, 0.2) is 5.58 Å². The lowest BCUT2D eigenvalue weighted by Crippen LogP contribution is -2.39. The third-order valence-corrected chi connectivity index (χ3v) is 6.87. The van der Waals surface area contributed by atoms with Crippen molar-refractivity contribution in [1.82, 2.24) is 9.88 Å². The number of oxazole rings is 1. The topological polar surface area (TPSA) is 49.6 Å². The minimum absolute atomic E-state index is 0.271. The van der Waals surface area contributed by atoms with Crippen molar-refractivity contribution in [2.75, 3.05) is 24.5 Å². The largest absolute Gasteiger partial charge is 0.423 e. The van der Waals surface area contributed by atoms with Gasteiger partial charge in [-0.1, -0.05) is 0 Å². The van der Waals surface area contributed by atoms with Crippen molar-refractivity contribution in [2.45, 2.75) is 32.2 Å². The van der Waals surface area contributed by atoms with Crippen LogP contribution in [0.25, 0.3) is 11.1 Å². The maximum atomic E-state index is 13.3. The van der Waals surface area contributed by atoms with Crippen molar-refractivity contribution < 1.29 is 13.6 Å². The van der Waals surface area contributed by atoms with Crippen LogP contribution < -0.4 is 4.90 Å². The molecule has 0 N–H and O–H groups in total. The summed E-state index contributed by atoms with van der Waals surface area (Å²) in [7, 11) is 0. The summed E-state index contributed by atoms with van der Waals surface area (Å²) in [6, 6.07) is 7.09. The minimum Gasteiger partial charge on any atom is -0.423 e. The van der Waals surface area contributed by atoms with Gasteiger partial charge in [-0.05, 0) is 54.3 Å². The van der Waals surface area contributed by atoms with E-state index in [0.29, 0.717) is 29.5 Å². The SMILES string of the molecule is O=C(CC1CCN(c2nc3ccc(F)cc3o2)CC1)N1CCc2sccc2C1. The molecule has 3 aromatic rings. The normalized spacial score (nSPS) is 17.9. The fourth-order valence-corrected chi connectivity index (χ4v) is 5.08. The number of amides is 1. The number of thiophene rings is 1. The lowest BCUT2D eigenvalue weighted by Gasteiger charge is -2.33. The van der Waals surface area contributed by atoms with Crippen molar-refractivity contribution in [3.05, 3.63) is 45.9 Å². The number of hydrogen-bond donors (Lipinski definition) is 0. The molecule has 0 radical (unpaired) electrons. The van der Waals surface area contributed by atoms with Crippen molar-refractivity contribution in [3.63, 3.8) is 0 Å². The van der Waals surface area contributed by atoms with Crippen LogP contribution in [0, 0.1) is 11.7 Å². The predicted octanol–water partition coefficient (Wildman–Crippen LogP) is 4.22. The van der Waals surface area contributed by atoms with Crippen LogP contribution in [-0.2, 0) is 17.8 Å². The van der Waals surface area contributed by atoms with Crippen LogP contribution in [0.3, 0.4) is 0 Å². The monoisotopic (exact) mass is 399 g/mol. The molecular weight excluding hydrogens is 377 g/mol. The first kappa shape index (κ1) is 17.7. The fourth-order valence-electron chi connectivity index (χ4n) is 4.19. The Bertz CT molecular complexity index is 1010. The van der Waals surface area contributed by atoms with Gasteiger partial charge in [0.05, 0.1) is 0 Å². The average Bonchev–Trinajstić information content (AvgIpc) is 3.34. The van der Waals surface area contributed by atoms with Crippen LogP contribution in [0.2, 0.25) is 0 Å². The predicted molar refractivity (Wildman–Crippen MR) is 107 cm³/mol. The standard InChI is InChI=1S/C21H22FN3O2S/c22-16-1-2-17-18(12-16)27-21(23-17)24-7-3-14(4-8-24)11-20(26)25-9-5-19-15(13-25)6-10-28-19/h1-2,6,10,12,14H,3-5,7-9,11,13H2. The zero-order valence-electron chi connectivity index (χ0n) is 15.6. The molecule has 0 atom stereocenters. The summed E-state index contributed by atoms with van der Waals surface area (Å²) in [5.74, 6) is 0.349. The van der Waals surface area contributed by atoms with Gasteiger partial charge in [0.1, 0.15) is 11.3 Å². The van der Waals surface area contributed by atoms with Crippen LogP contribution >= 0.6 is 11.3 Å². The van der Waals surface area contributed by atoms with E-state index in [-0.39, 0.29) is 11.7 Å². The van der Waals surface area contributed by atoms with Crippen molar-refractivity contribution in [1.29, 1.82) is 0 Å². The first-order valence-corrected chi connectivity index (χ1v) is 10.7. The van der Waals surface area contributed by atoms with E-state index in [1.54, 1.807) is 17.4 Å². The highest BCUT2D eigenvalue weighted by molar-refractivity contribution is 7.10. The third-order valence-electron chi connectivity index (χ3n) is 5.85. The zero-order chi connectivity index (χ0) is 19.1. The summed E-state index contributed by atoms with van der Waals surface area (Å²) >= 11 is 1.80. The fraction of sp³-hybridized carbons (Fsp3) is 0.429. The molecule has 4 heterocycles. The van der Waals surface area contributed by atoms with Crippen LogP contribution in [0.5, 0.6) is 0 Å². The van der Waals surface area contributed by atoms with Crippen LogP contribution in [0.1, 0.15) is 29.7 Å². The van der Waals surface area contributed by atoms with Gasteiger partial charge in [-0.2, -0.15) is 4.98 Å². The highest BCUT2D eigenvalue weighted by Gasteiger charge is 2.27. The number of nitrogens with zero attached hydrogens (tertiary/aromatic N) is 3. The molecule has 1 aromatic carbocycles. The Hall–Kier alpha value is -2.41. The molecule has 0 bridgehead atoms. The van der Waals surface area contributed by atoms with E-state index in [2.05, 4.69) is 21.3 Å². The summed E-state index contributed by atoms with van der Waals surface area (Å²) in [5, 5.41) is 2.12. The van der Waals surface area contributed by atoms with E-state index < -0.39 is 0 Å². The van der Waals surface area contributed by atoms with Gasteiger partial charge in [-0.3, -0.25) is 4.79 Å². The average molecular weight is 399 g/mol. The van der Waals surface area contributed by atoms with Crippen molar-refractivity contribution in [2.24, 2.45) is 5.92 Å². The number of hydrogen-bond acceptors (Lipinski definition) is 5. The molecule has 5 rings (SSSR count). The number of piperidine rings is 1. The molecule has 146 valence electrons. The maximum Gasteiger partial charge on any atom is 0.298 e. The lowest BCUT2D eigenvalue weighted by atomic mass is 9.93. The van der Waals surface area contributed by atoms with Crippen LogP contribution in [0.4, 0.5) is 10.4 Å². The molecule has 2 aliphatic rings. The molecule has 1 saturated heterocycles. The van der Waals surface area contributed by atoms with E-state index in [0.717, 1.165) is 45.4 Å². The number of anilines is 1. The minimum atomic E-state index is -0.320. The number of fused-ring (bicyclic) bond motifs is 2. The van der Waals surface area contributed by atoms with Gasteiger partial charge in [0.2, 0.25) is 5.91 Å². The molecule has 0 spiro atoms. The molecular formula is C21H22FN3O2S. The van der Waals surface area contributed by atoms with Crippen LogP contribution in [0.15, 0.2) is 34.1 Å². The van der Waals surface area contributed by atoms with Crippen LogP contribution in [-0.4, -0.2) is 35.4 Å². The number of carbonyl (C=O) groups excluding carboxylic acids is 1. The summed E-state index contributed by atoms with van der Waals surface area (Å²) in [6.07, 6.45) is 3.48. The van der Waals surface area contributed by atoms with Gasteiger partial charge in [0, 0.05) is 43.5 Å². The Kier molecular flexibility index (Phi) is 4.55. The van der Waals surface area contributed by atoms with E-state index in [1.807, 2.05) is 4.90 Å². The summed E-state index contributed by atoms with van der Waals surface area (Å²) in [5.41, 5.74) is 2.46. The van der Waals surface area contributed by atoms with Gasteiger partial charge in [-0.25, -0.2) is 4.39 Å². The quantitative estimate of drug-likeness (QED) is 0.662. The van der Waals surface area contributed by atoms with Gasteiger partial charge in [0.25, 0.3) is 6.01 Å². The van der Waals surface area contributed by atoms with E-state index in [9.17, 15) is 9.18 Å². The second-order valence-electron chi connectivity index (χ2n) is 7.68. The summed E-state index contributed by atoms with van der Waals surface area (Å²) in [4.78, 5) is 22.8. The molecule has 7 heteroatoms. The van der Waals surface area contributed by atoms with Gasteiger partial charge < -0.3 is 14.2 Å². The number of benzene rings is 1. The second kappa shape index (κ2) is 7.20. The maximum absolute atomic E-state index is 13.3. The Morgan fingerprint density at radius 1 is 1.25 bits per heavy atom. The first-order valence-electron chi connectivity index (χ1n) is 9.80. The molecule has 1 fully saturated rings. The molecule has 0 saturated carbocycles. The number of carbonyl (C=O) groups is 1. The van der Waals surface area contributed by atoms with E-state index >= 15 is 0 Å². The number of halogens is 1. The van der Waals surface area contributed by atoms with Gasteiger partial charge in [-0.15, -0.1) is 11.3 Å². The number of aromatic nitrogens is 1. The highest BCUT2D eigenvalue weighted by Crippen LogP contribution is 2.29. The van der Waals surface area contributed by atoms with Crippen molar-refractivity contribution in [3.8, 4) is 0 Å². The highest BCUT2D eigenvalue weighted by atomic mass is 32.1. The Balaban J connectivity index is 1.17. The Labute approximate surface area is 166 Å². The van der Waals surface area contributed by atoms with E-state index in [4.69, 9.17) is 4.42 Å². The molecule has 28 heavy (non-hydrogen) atoms. The first-order chi connectivity index (χ1) is 13.7. The second-order valence-corrected chi connectivity index (χ2v) is 8.68. The molecule has 5 nitrogen and oxygen atoms in total. The van der Waals surface area contributed by atoms with E-state index in [1.165, 1.54) is 22.6 Å². The van der Waals surface area contributed by atoms with Crippen molar-refractivity contribution >= 4 is 34.4 Å². The zero-order valence-corrected chi connectivity index (χ0v) is 16.4. The van der Waals surface area contributed by atoms with Gasteiger partial charge >= 0.3 is 0 Å². The molecule has 0 unspecified atom stereocenters. The molecule has 0 aliphatic carbocycles. The summed E-state index contributed by atoms with van der Waals surface area (Å²) in [6.45, 7) is 3.21. The molecule has 2 aromatic heterocycles.